The van der Waals surface area contributed by atoms with Crippen LogP contribution >= 0.6 is 0 Å². The number of hydrogen-bond donors (Lipinski definition) is 1. The first-order valence-electron chi connectivity index (χ1n) is 8.55. The highest BCUT2D eigenvalue weighted by Gasteiger charge is 2.14. The van der Waals surface area contributed by atoms with E-state index in [0.717, 1.165) is 33.5 Å². The summed E-state index contributed by atoms with van der Waals surface area (Å²) in [5, 5.41) is 7.27. The van der Waals surface area contributed by atoms with Crippen LogP contribution < -0.4 is 5.32 Å². The Balaban J connectivity index is 1.67. The molecule has 4 aromatic carbocycles. The Morgan fingerprint density at radius 1 is 0.720 bits per heavy atom. The molecular formula is C23H19NO. The molecule has 0 saturated carbocycles. The number of nitrogens with one attached hydrogen (secondary N) is 1. The van der Waals surface area contributed by atoms with E-state index in [-0.39, 0.29) is 5.91 Å². The maximum absolute atomic E-state index is 13.0. The Morgan fingerprint density at radius 2 is 1.28 bits per heavy atom. The quantitative estimate of drug-likeness (QED) is 0.528. The molecule has 1 amide bonds. The van der Waals surface area contributed by atoms with Gasteiger partial charge in [0, 0.05) is 6.54 Å². The van der Waals surface area contributed by atoms with Crippen molar-refractivity contribution in [2.24, 2.45) is 0 Å². The molecular weight excluding hydrogens is 306 g/mol. The van der Waals surface area contributed by atoms with Gasteiger partial charge in [-0.25, -0.2) is 0 Å². The van der Waals surface area contributed by atoms with Gasteiger partial charge >= 0.3 is 0 Å². The monoisotopic (exact) mass is 325 g/mol. The Morgan fingerprint density at radius 3 is 1.92 bits per heavy atom. The van der Waals surface area contributed by atoms with Gasteiger partial charge in [-0.1, -0.05) is 78.9 Å². The molecule has 0 heterocycles. The zero-order valence-electron chi connectivity index (χ0n) is 13.9. The predicted octanol–water partition coefficient (Wildman–Crippen LogP) is 4.97. The first-order chi connectivity index (χ1) is 12.3. The summed E-state index contributed by atoms with van der Waals surface area (Å²) < 4.78 is 0. The highest BCUT2D eigenvalue weighted by atomic mass is 16.1. The maximum atomic E-state index is 13.0. The molecule has 4 aromatic rings. The van der Waals surface area contributed by atoms with Crippen LogP contribution in [0.2, 0.25) is 0 Å². The van der Waals surface area contributed by atoms with Crippen LogP contribution in [0.15, 0.2) is 84.9 Å². The van der Waals surface area contributed by atoms with Crippen molar-refractivity contribution < 1.29 is 4.79 Å². The molecule has 0 bridgehead atoms. The Kier molecular flexibility index (Phi) is 4.17. The lowest BCUT2D eigenvalue weighted by molar-refractivity contribution is 0.0957. The van der Waals surface area contributed by atoms with E-state index >= 15 is 0 Å². The summed E-state index contributed by atoms with van der Waals surface area (Å²) in [4.78, 5) is 13.0. The molecule has 0 aromatic heterocycles. The number of carbonyl (C=O) groups is 1. The van der Waals surface area contributed by atoms with Gasteiger partial charge in [-0.3, -0.25) is 4.79 Å². The number of rotatable bonds is 4. The molecule has 0 spiro atoms. The van der Waals surface area contributed by atoms with Gasteiger partial charge in [0.2, 0.25) is 0 Å². The van der Waals surface area contributed by atoms with Crippen molar-refractivity contribution in [3.8, 4) is 0 Å². The standard InChI is InChI=1S/C23H19NO/c25-23(24-15-14-17-8-2-1-3-9-17)22-20-12-6-4-10-18(20)16-19-11-5-7-13-21(19)22/h1-13,16H,14-15H2,(H,24,25). The average molecular weight is 325 g/mol. The van der Waals surface area contributed by atoms with E-state index in [2.05, 4.69) is 35.6 Å². The van der Waals surface area contributed by atoms with Crippen LogP contribution in [0.25, 0.3) is 21.5 Å². The molecule has 0 aliphatic rings. The summed E-state index contributed by atoms with van der Waals surface area (Å²) in [5.41, 5.74) is 1.99. The summed E-state index contributed by atoms with van der Waals surface area (Å²) in [6.07, 6.45) is 0.829. The molecule has 0 unspecified atom stereocenters. The van der Waals surface area contributed by atoms with Crippen molar-refractivity contribution in [1.82, 2.24) is 5.32 Å². The van der Waals surface area contributed by atoms with Crippen molar-refractivity contribution in [1.29, 1.82) is 0 Å². The number of amides is 1. The van der Waals surface area contributed by atoms with Crippen LogP contribution in [0, 0.1) is 0 Å². The summed E-state index contributed by atoms with van der Waals surface area (Å²) >= 11 is 0. The third-order valence-corrected chi connectivity index (χ3v) is 4.54. The smallest absolute Gasteiger partial charge is 0.252 e. The molecule has 0 radical (unpaired) electrons. The zero-order chi connectivity index (χ0) is 17.1. The molecule has 0 aliphatic heterocycles. The van der Waals surface area contributed by atoms with Crippen molar-refractivity contribution in [3.63, 3.8) is 0 Å². The summed E-state index contributed by atoms with van der Waals surface area (Å²) in [5.74, 6) is -0.0102. The minimum absolute atomic E-state index is 0.0102. The van der Waals surface area contributed by atoms with Crippen molar-refractivity contribution in [3.05, 3.63) is 96.1 Å². The van der Waals surface area contributed by atoms with Gasteiger partial charge in [-0.2, -0.15) is 0 Å². The summed E-state index contributed by atoms with van der Waals surface area (Å²) in [6.45, 7) is 0.625. The van der Waals surface area contributed by atoms with E-state index in [1.807, 2.05) is 54.6 Å². The van der Waals surface area contributed by atoms with E-state index in [4.69, 9.17) is 0 Å². The average Bonchev–Trinajstić information content (AvgIpc) is 2.66. The lowest BCUT2D eigenvalue weighted by atomic mass is 9.96. The highest BCUT2D eigenvalue weighted by Crippen LogP contribution is 2.28. The fraction of sp³-hybridized carbons (Fsp3) is 0.0870. The topological polar surface area (TPSA) is 29.1 Å². The van der Waals surface area contributed by atoms with Crippen LogP contribution in [-0.2, 0) is 6.42 Å². The van der Waals surface area contributed by atoms with Crippen molar-refractivity contribution in [2.75, 3.05) is 6.54 Å². The number of benzene rings is 4. The molecule has 0 aliphatic carbocycles. The molecule has 1 N–H and O–H groups in total. The van der Waals surface area contributed by atoms with Gasteiger partial charge in [0.25, 0.3) is 5.91 Å². The molecule has 2 heteroatoms. The van der Waals surface area contributed by atoms with E-state index in [9.17, 15) is 4.79 Å². The van der Waals surface area contributed by atoms with Gasteiger partial charge in [-0.05, 0) is 39.6 Å². The summed E-state index contributed by atoms with van der Waals surface area (Å²) in [6, 6.07) is 28.5. The SMILES string of the molecule is O=C(NCCc1ccccc1)c1c2ccccc2cc2ccccc12. The first-order valence-corrected chi connectivity index (χ1v) is 8.55. The Labute approximate surface area is 147 Å². The number of hydrogen-bond acceptors (Lipinski definition) is 1. The van der Waals surface area contributed by atoms with Crippen LogP contribution in [-0.4, -0.2) is 12.5 Å². The first kappa shape index (κ1) is 15.4. The summed E-state index contributed by atoms with van der Waals surface area (Å²) in [7, 11) is 0. The minimum Gasteiger partial charge on any atom is -0.352 e. The van der Waals surface area contributed by atoms with Gasteiger partial charge in [0.1, 0.15) is 0 Å². The van der Waals surface area contributed by atoms with Gasteiger partial charge in [-0.15, -0.1) is 0 Å². The highest BCUT2D eigenvalue weighted by molar-refractivity contribution is 6.18. The normalized spacial score (nSPS) is 10.9. The molecule has 0 atom stereocenters. The second-order valence-electron chi connectivity index (χ2n) is 6.19. The Bertz CT molecular complexity index is 984. The fourth-order valence-corrected chi connectivity index (χ4v) is 3.31. The molecule has 122 valence electrons. The molecule has 2 nitrogen and oxygen atoms in total. The van der Waals surface area contributed by atoms with E-state index in [1.165, 1.54) is 5.56 Å². The third-order valence-electron chi connectivity index (χ3n) is 4.54. The lowest BCUT2D eigenvalue weighted by Gasteiger charge is -2.12. The third kappa shape index (κ3) is 3.11. The van der Waals surface area contributed by atoms with E-state index in [1.54, 1.807) is 0 Å². The minimum atomic E-state index is -0.0102. The van der Waals surface area contributed by atoms with Gasteiger partial charge < -0.3 is 5.32 Å². The molecule has 4 rings (SSSR count). The van der Waals surface area contributed by atoms with E-state index in [0.29, 0.717) is 6.54 Å². The largest absolute Gasteiger partial charge is 0.352 e. The van der Waals surface area contributed by atoms with Crippen LogP contribution in [0.1, 0.15) is 15.9 Å². The number of fused-ring (bicyclic) bond motifs is 2. The maximum Gasteiger partial charge on any atom is 0.252 e. The zero-order valence-corrected chi connectivity index (χ0v) is 13.9. The second-order valence-corrected chi connectivity index (χ2v) is 6.19. The van der Waals surface area contributed by atoms with Crippen LogP contribution in [0.3, 0.4) is 0 Å². The second kappa shape index (κ2) is 6.78. The number of carbonyl (C=O) groups excluding carboxylic acids is 1. The molecule has 0 fully saturated rings. The van der Waals surface area contributed by atoms with Crippen molar-refractivity contribution in [2.45, 2.75) is 6.42 Å². The molecule has 0 saturated heterocycles. The van der Waals surface area contributed by atoms with Crippen LogP contribution in [0.5, 0.6) is 0 Å². The van der Waals surface area contributed by atoms with Crippen LogP contribution in [0.4, 0.5) is 0 Å². The van der Waals surface area contributed by atoms with Gasteiger partial charge in [0.05, 0.1) is 5.56 Å². The van der Waals surface area contributed by atoms with Crippen molar-refractivity contribution >= 4 is 27.5 Å². The fourth-order valence-electron chi connectivity index (χ4n) is 3.31. The predicted molar refractivity (Wildman–Crippen MR) is 104 cm³/mol. The lowest BCUT2D eigenvalue weighted by Crippen LogP contribution is -2.26. The Hall–Kier alpha value is -3.13. The molecule has 25 heavy (non-hydrogen) atoms. The van der Waals surface area contributed by atoms with Gasteiger partial charge in [0.15, 0.2) is 0 Å². The van der Waals surface area contributed by atoms with E-state index < -0.39 is 0 Å².